The summed E-state index contributed by atoms with van der Waals surface area (Å²) in [6.07, 6.45) is 1.00. The molecule has 0 amide bonds. The third kappa shape index (κ3) is 2.65. The van der Waals surface area contributed by atoms with Crippen LogP contribution in [0.1, 0.15) is 38.7 Å². The molecule has 0 N–H and O–H groups in total. The molecule has 0 saturated heterocycles. The van der Waals surface area contributed by atoms with Crippen molar-refractivity contribution in [3.8, 4) is 5.75 Å². The van der Waals surface area contributed by atoms with Crippen LogP contribution in [0.25, 0.3) is 0 Å². The minimum atomic E-state index is 0.438. The lowest BCUT2D eigenvalue weighted by Crippen LogP contribution is -1.98. The Morgan fingerprint density at radius 2 is 2.07 bits per heavy atom. The molecule has 0 aromatic heterocycles. The summed E-state index contributed by atoms with van der Waals surface area (Å²) in [4.78, 5) is 0. The van der Waals surface area contributed by atoms with E-state index in [9.17, 15) is 0 Å². The largest absolute Gasteiger partial charge is 0.492 e. The van der Waals surface area contributed by atoms with Crippen LogP contribution in [0.4, 0.5) is 0 Å². The fourth-order valence-electron chi connectivity index (χ4n) is 1.30. The number of halogens is 1. The van der Waals surface area contributed by atoms with Gasteiger partial charge in [0.1, 0.15) is 5.75 Å². The van der Waals surface area contributed by atoms with Crippen molar-refractivity contribution >= 4 is 11.6 Å². The molecule has 0 aliphatic rings. The van der Waals surface area contributed by atoms with Crippen LogP contribution >= 0.6 is 11.6 Å². The normalized spacial score (nSPS) is 10.6. The molecule has 1 aromatic carbocycles. The van der Waals surface area contributed by atoms with Crippen molar-refractivity contribution in [1.82, 2.24) is 0 Å². The van der Waals surface area contributed by atoms with Gasteiger partial charge in [-0.1, -0.05) is 44.5 Å². The second kappa shape index (κ2) is 5.26. The van der Waals surface area contributed by atoms with Crippen LogP contribution < -0.4 is 4.74 Å². The predicted octanol–water partition coefficient (Wildman–Crippen LogP) is 4.25. The Balaban J connectivity index is 2.89. The quantitative estimate of drug-likeness (QED) is 0.725. The van der Waals surface area contributed by atoms with E-state index in [4.69, 9.17) is 16.3 Å². The molecule has 2 heteroatoms. The summed E-state index contributed by atoms with van der Waals surface area (Å²) in [7, 11) is 0. The fraction of sp³-hybridized carbons (Fsp3) is 0.500. The zero-order valence-electron chi connectivity index (χ0n) is 9.01. The van der Waals surface area contributed by atoms with Crippen LogP contribution in [0.15, 0.2) is 18.2 Å². The maximum absolute atomic E-state index is 6.21. The Hall–Kier alpha value is -0.690. The highest BCUT2D eigenvalue weighted by Crippen LogP contribution is 2.32. The number of hydrogen-bond acceptors (Lipinski definition) is 1. The van der Waals surface area contributed by atoms with E-state index in [0.717, 1.165) is 29.4 Å². The van der Waals surface area contributed by atoms with Gasteiger partial charge in [-0.3, -0.25) is 0 Å². The molecule has 0 aliphatic carbocycles. The third-order valence-corrected chi connectivity index (χ3v) is 2.48. The van der Waals surface area contributed by atoms with Gasteiger partial charge in [0.2, 0.25) is 0 Å². The lowest BCUT2D eigenvalue weighted by atomic mass is 10.0. The van der Waals surface area contributed by atoms with E-state index in [1.54, 1.807) is 0 Å². The van der Waals surface area contributed by atoms with Gasteiger partial charge >= 0.3 is 0 Å². The van der Waals surface area contributed by atoms with Gasteiger partial charge in [0, 0.05) is 0 Å². The lowest BCUT2D eigenvalue weighted by Gasteiger charge is -2.12. The van der Waals surface area contributed by atoms with Crippen LogP contribution in [0.5, 0.6) is 5.75 Å². The van der Waals surface area contributed by atoms with Crippen LogP contribution in [-0.4, -0.2) is 6.61 Å². The summed E-state index contributed by atoms with van der Waals surface area (Å²) in [5.74, 6) is 1.24. The van der Waals surface area contributed by atoms with Crippen molar-refractivity contribution in [2.75, 3.05) is 6.61 Å². The molecule has 78 valence electrons. The minimum absolute atomic E-state index is 0.438. The SMILES string of the molecule is CCCOc1cccc(C(C)C)c1Cl. The molecule has 1 nitrogen and oxygen atoms in total. The fourth-order valence-corrected chi connectivity index (χ4v) is 1.70. The van der Waals surface area contributed by atoms with E-state index in [1.165, 1.54) is 0 Å². The topological polar surface area (TPSA) is 9.23 Å². The highest BCUT2D eigenvalue weighted by atomic mass is 35.5. The van der Waals surface area contributed by atoms with Crippen LogP contribution in [0, 0.1) is 0 Å². The molecule has 0 heterocycles. The first-order valence-corrected chi connectivity index (χ1v) is 5.45. The molecule has 0 aliphatic heterocycles. The zero-order chi connectivity index (χ0) is 10.6. The Morgan fingerprint density at radius 3 is 2.64 bits per heavy atom. The van der Waals surface area contributed by atoms with E-state index in [0.29, 0.717) is 5.92 Å². The summed E-state index contributed by atoms with van der Waals surface area (Å²) in [6.45, 7) is 7.07. The average Bonchev–Trinajstić information content (AvgIpc) is 2.16. The Bertz CT molecular complexity index is 294. The van der Waals surface area contributed by atoms with E-state index in [2.05, 4.69) is 20.8 Å². The summed E-state index contributed by atoms with van der Waals surface area (Å²) in [6, 6.07) is 5.96. The maximum atomic E-state index is 6.21. The summed E-state index contributed by atoms with van der Waals surface area (Å²) >= 11 is 6.21. The van der Waals surface area contributed by atoms with Crippen LogP contribution in [-0.2, 0) is 0 Å². The molecular formula is C12H17ClO. The van der Waals surface area contributed by atoms with Gasteiger partial charge in [-0.05, 0) is 24.0 Å². The highest BCUT2D eigenvalue weighted by Gasteiger charge is 2.09. The molecule has 1 rings (SSSR count). The van der Waals surface area contributed by atoms with Gasteiger partial charge in [0.05, 0.1) is 11.6 Å². The monoisotopic (exact) mass is 212 g/mol. The highest BCUT2D eigenvalue weighted by molar-refractivity contribution is 6.32. The first kappa shape index (κ1) is 11.4. The van der Waals surface area contributed by atoms with E-state index in [-0.39, 0.29) is 0 Å². The molecule has 0 saturated carbocycles. The van der Waals surface area contributed by atoms with Gasteiger partial charge in [-0.2, -0.15) is 0 Å². The van der Waals surface area contributed by atoms with Gasteiger partial charge in [0.25, 0.3) is 0 Å². The number of benzene rings is 1. The molecule has 0 atom stereocenters. The Kier molecular flexibility index (Phi) is 4.27. The first-order valence-electron chi connectivity index (χ1n) is 5.08. The van der Waals surface area contributed by atoms with Crippen LogP contribution in [0.3, 0.4) is 0 Å². The van der Waals surface area contributed by atoms with Crippen molar-refractivity contribution in [2.45, 2.75) is 33.1 Å². The first-order chi connectivity index (χ1) is 6.66. The maximum Gasteiger partial charge on any atom is 0.138 e. The molecule has 0 bridgehead atoms. The van der Waals surface area contributed by atoms with E-state index in [1.807, 2.05) is 18.2 Å². The molecular weight excluding hydrogens is 196 g/mol. The number of rotatable bonds is 4. The molecule has 14 heavy (non-hydrogen) atoms. The second-order valence-electron chi connectivity index (χ2n) is 3.66. The van der Waals surface area contributed by atoms with E-state index < -0.39 is 0 Å². The van der Waals surface area contributed by atoms with Gasteiger partial charge in [-0.25, -0.2) is 0 Å². The third-order valence-electron chi connectivity index (χ3n) is 2.08. The average molecular weight is 213 g/mol. The summed E-state index contributed by atoms with van der Waals surface area (Å²) < 4.78 is 5.54. The zero-order valence-corrected chi connectivity index (χ0v) is 9.77. The predicted molar refractivity (Wildman–Crippen MR) is 61.3 cm³/mol. The Labute approximate surface area is 91.0 Å². The van der Waals surface area contributed by atoms with Crippen molar-refractivity contribution in [2.24, 2.45) is 0 Å². The smallest absolute Gasteiger partial charge is 0.138 e. The van der Waals surface area contributed by atoms with Gasteiger partial charge in [0.15, 0.2) is 0 Å². The molecule has 0 unspecified atom stereocenters. The molecule has 0 fully saturated rings. The van der Waals surface area contributed by atoms with Crippen molar-refractivity contribution in [3.63, 3.8) is 0 Å². The van der Waals surface area contributed by atoms with Gasteiger partial charge in [-0.15, -0.1) is 0 Å². The molecule has 0 radical (unpaired) electrons. The van der Waals surface area contributed by atoms with E-state index >= 15 is 0 Å². The van der Waals surface area contributed by atoms with Crippen molar-refractivity contribution in [3.05, 3.63) is 28.8 Å². The number of hydrogen-bond donors (Lipinski definition) is 0. The van der Waals surface area contributed by atoms with Crippen molar-refractivity contribution < 1.29 is 4.74 Å². The number of ether oxygens (including phenoxy) is 1. The van der Waals surface area contributed by atoms with Gasteiger partial charge < -0.3 is 4.74 Å². The Morgan fingerprint density at radius 1 is 1.36 bits per heavy atom. The van der Waals surface area contributed by atoms with Crippen LogP contribution in [0.2, 0.25) is 5.02 Å². The van der Waals surface area contributed by atoms with Crippen molar-refractivity contribution in [1.29, 1.82) is 0 Å². The standard InChI is InChI=1S/C12H17ClO/c1-4-8-14-11-7-5-6-10(9(2)3)12(11)13/h5-7,9H,4,8H2,1-3H3. The summed E-state index contributed by atoms with van der Waals surface area (Å²) in [5, 5.41) is 0.760. The summed E-state index contributed by atoms with van der Waals surface area (Å²) in [5.41, 5.74) is 1.15. The lowest BCUT2D eigenvalue weighted by molar-refractivity contribution is 0.317. The minimum Gasteiger partial charge on any atom is -0.492 e. The molecule has 1 aromatic rings. The molecule has 0 spiro atoms. The second-order valence-corrected chi connectivity index (χ2v) is 4.04.